The van der Waals surface area contributed by atoms with Crippen LogP contribution in [-0.4, -0.2) is 32.3 Å². The maximum atomic E-state index is 12.5. The van der Waals surface area contributed by atoms with Crippen LogP contribution in [0.1, 0.15) is 139 Å². The van der Waals surface area contributed by atoms with Gasteiger partial charge in [0.2, 0.25) is 0 Å². The Balaban J connectivity index is 0.000000341. The molecule has 3 saturated carbocycles. The summed E-state index contributed by atoms with van der Waals surface area (Å²) >= 11 is 0. The molecule has 0 heterocycles. The number of unbranched alkanes of at least 4 members (excludes halogenated alkanes) is 3. The average Bonchev–Trinajstić information content (AvgIpc) is 3.10. The molecule has 286 valence electrons. The van der Waals surface area contributed by atoms with Gasteiger partial charge in [0, 0.05) is 49.0 Å². The molecule has 0 amide bonds. The van der Waals surface area contributed by atoms with Crippen molar-refractivity contribution in [3.63, 3.8) is 0 Å². The van der Waals surface area contributed by atoms with E-state index < -0.39 is 0 Å². The summed E-state index contributed by atoms with van der Waals surface area (Å²) in [6.07, 6.45) is 23.0. The molecular weight excluding hydrogens is 655 g/mol. The first-order chi connectivity index (χ1) is 25.8. The Morgan fingerprint density at radius 3 is 1.83 bits per heavy atom. The van der Waals surface area contributed by atoms with E-state index in [0.717, 1.165) is 53.7 Å². The smallest absolute Gasteiger partial charge is 0.165 e. The maximum Gasteiger partial charge on any atom is 0.165 e. The average molecular weight is 720 g/mol. The predicted molar refractivity (Wildman–Crippen MR) is 225 cm³/mol. The zero-order chi connectivity index (χ0) is 38.3. The van der Waals surface area contributed by atoms with Crippen molar-refractivity contribution in [2.45, 2.75) is 117 Å². The molecule has 3 aromatic rings. The van der Waals surface area contributed by atoms with E-state index in [1.165, 1.54) is 82.4 Å². The van der Waals surface area contributed by atoms with Crippen LogP contribution in [-0.2, 0) is 4.74 Å². The number of hydrogen-bond donors (Lipinski definition) is 1. The van der Waals surface area contributed by atoms with Crippen LogP contribution >= 0.6 is 0 Å². The van der Waals surface area contributed by atoms with Crippen LogP contribution in [0.5, 0.6) is 11.5 Å². The highest BCUT2D eigenvalue weighted by Crippen LogP contribution is 2.32. The second-order valence-corrected chi connectivity index (χ2v) is 14.3. The number of methoxy groups -OCH3 is 1. The van der Waals surface area contributed by atoms with Crippen molar-refractivity contribution < 1.29 is 19.0 Å². The Bertz CT molecular complexity index is 1560. The fraction of sp³-hybridized carbons (Fsp3) is 0.458. The third kappa shape index (κ3) is 15.7. The first-order valence-corrected chi connectivity index (χ1v) is 20.0. The number of carbonyl (C=O) groups is 1. The highest BCUT2D eigenvalue weighted by atomic mass is 16.5. The topological polar surface area (TPSA) is 68.6 Å². The van der Waals surface area contributed by atoms with Gasteiger partial charge in [-0.2, -0.15) is 0 Å². The quantitative estimate of drug-likeness (QED) is 0.0692. The van der Waals surface area contributed by atoms with Gasteiger partial charge in [0.15, 0.2) is 5.78 Å². The van der Waals surface area contributed by atoms with Crippen molar-refractivity contribution >= 4 is 17.8 Å². The van der Waals surface area contributed by atoms with Crippen molar-refractivity contribution in [1.29, 1.82) is 5.41 Å². The number of nitrogens with one attached hydrogen (secondary N) is 1. The number of ketones is 1. The van der Waals surface area contributed by atoms with Gasteiger partial charge in [-0.3, -0.25) is 4.79 Å². The molecular formula is C48H65NO4. The van der Waals surface area contributed by atoms with Crippen LogP contribution in [0.15, 0.2) is 97.1 Å². The molecule has 3 fully saturated rings. The van der Waals surface area contributed by atoms with Gasteiger partial charge in [-0.05, 0) is 86.6 Å². The highest BCUT2D eigenvalue weighted by Gasteiger charge is 2.26. The number of ether oxygens (including phenoxy) is 3. The summed E-state index contributed by atoms with van der Waals surface area (Å²) in [7, 11) is 1.68. The minimum absolute atomic E-state index is 0.194. The Morgan fingerprint density at radius 2 is 1.38 bits per heavy atom. The molecule has 0 aliphatic heterocycles. The van der Waals surface area contributed by atoms with E-state index in [0.29, 0.717) is 30.3 Å². The van der Waals surface area contributed by atoms with Crippen LogP contribution in [0, 0.1) is 11.3 Å². The lowest BCUT2D eigenvalue weighted by atomic mass is 9.80. The van der Waals surface area contributed by atoms with Crippen molar-refractivity contribution in [2.75, 3.05) is 20.3 Å². The number of allylic oxidation sites excluding steroid dienone is 3. The lowest BCUT2D eigenvalue weighted by Gasteiger charge is -2.23. The van der Waals surface area contributed by atoms with E-state index in [2.05, 4.69) is 33.1 Å². The minimum atomic E-state index is 0.194. The van der Waals surface area contributed by atoms with Gasteiger partial charge >= 0.3 is 0 Å². The van der Waals surface area contributed by atoms with E-state index in [-0.39, 0.29) is 11.7 Å². The molecule has 3 aromatic carbocycles. The van der Waals surface area contributed by atoms with E-state index >= 15 is 0 Å². The van der Waals surface area contributed by atoms with Crippen molar-refractivity contribution in [2.24, 2.45) is 5.92 Å². The molecule has 0 saturated heterocycles. The van der Waals surface area contributed by atoms with Gasteiger partial charge in [0.05, 0.1) is 6.61 Å². The van der Waals surface area contributed by atoms with Crippen LogP contribution in [0.4, 0.5) is 0 Å². The van der Waals surface area contributed by atoms with Crippen LogP contribution in [0.25, 0.3) is 16.9 Å². The molecule has 0 atom stereocenters. The summed E-state index contributed by atoms with van der Waals surface area (Å²) in [5.41, 5.74) is 6.98. The highest BCUT2D eigenvalue weighted by molar-refractivity contribution is 5.98. The number of benzene rings is 3. The molecule has 3 aliphatic rings. The summed E-state index contributed by atoms with van der Waals surface area (Å²) in [4.78, 5) is 12.5. The fourth-order valence-corrected chi connectivity index (χ4v) is 5.61. The zero-order valence-corrected chi connectivity index (χ0v) is 33.2. The zero-order valence-electron chi connectivity index (χ0n) is 33.2. The molecule has 53 heavy (non-hydrogen) atoms. The molecule has 5 heteroatoms. The van der Waals surface area contributed by atoms with Crippen LogP contribution in [0.3, 0.4) is 0 Å². The summed E-state index contributed by atoms with van der Waals surface area (Å²) in [5.74, 6) is 2.27. The maximum absolute atomic E-state index is 12.5. The van der Waals surface area contributed by atoms with Crippen molar-refractivity contribution in [1.82, 2.24) is 0 Å². The fourth-order valence-electron chi connectivity index (χ4n) is 5.61. The minimum Gasteiger partial charge on any atom is -0.494 e. The van der Waals surface area contributed by atoms with Crippen molar-refractivity contribution in [3.8, 4) is 22.6 Å². The lowest BCUT2D eigenvalue weighted by Crippen LogP contribution is -2.21. The molecule has 3 aliphatic carbocycles. The summed E-state index contributed by atoms with van der Waals surface area (Å²) < 4.78 is 16.7. The van der Waals surface area contributed by atoms with Gasteiger partial charge in [0.25, 0.3) is 0 Å². The number of rotatable bonds is 16. The van der Waals surface area contributed by atoms with Gasteiger partial charge in [-0.1, -0.05) is 132 Å². The van der Waals surface area contributed by atoms with E-state index in [1.807, 2.05) is 73.7 Å². The number of Topliss-reactive ketones (excluding diaryl/α,β-unsaturated/α-hetero) is 1. The molecule has 0 unspecified atom stereocenters. The van der Waals surface area contributed by atoms with E-state index in [4.69, 9.17) is 19.6 Å². The Hall–Kier alpha value is -4.22. The van der Waals surface area contributed by atoms with Gasteiger partial charge in [-0.25, -0.2) is 0 Å². The number of carbonyl (C=O) groups excluding carboxylic acids is 1. The van der Waals surface area contributed by atoms with Crippen LogP contribution in [0.2, 0.25) is 0 Å². The number of hydrogen-bond acceptors (Lipinski definition) is 5. The summed E-state index contributed by atoms with van der Waals surface area (Å²) in [6, 6.07) is 21.0. The molecule has 1 N–H and O–H groups in total. The Kier molecular flexibility index (Phi) is 20.3. The monoisotopic (exact) mass is 719 g/mol. The summed E-state index contributed by atoms with van der Waals surface area (Å²) in [5, 5.41) is 7.88. The SMILES string of the molecule is C1CCC1.C=C(C)C=C1CCC1.C=C(Oc1ccc(-c2ccc(C(=O)C3CCC3)cc2)cc1C=N)c1ccc(OCCCOC)cc1.CCCCCC. The molecule has 6 rings (SSSR count). The first-order valence-electron chi connectivity index (χ1n) is 20.0. The molecule has 0 radical (unpaired) electrons. The molecule has 5 nitrogen and oxygen atoms in total. The second-order valence-electron chi connectivity index (χ2n) is 14.3. The normalized spacial score (nSPS) is 14.1. The van der Waals surface area contributed by atoms with Gasteiger partial charge in [0.1, 0.15) is 17.3 Å². The van der Waals surface area contributed by atoms with Gasteiger partial charge < -0.3 is 19.6 Å². The summed E-state index contributed by atoms with van der Waals surface area (Å²) in [6.45, 7) is 15.6. The third-order valence-electron chi connectivity index (χ3n) is 9.72. The predicted octanol–water partition coefficient (Wildman–Crippen LogP) is 13.6. The first kappa shape index (κ1) is 43.2. The molecule has 0 spiro atoms. The molecule has 0 aromatic heterocycles. The Morgan fingerprint density at radius 1 is 0.774 bits per heavy atom. The van der Waals surface area contributed by atoms with E-state index in [9.17, 15) is 4.79 Å². The Labute approximate surface area is 321 Å². The van der Waals surface area contributed by atoms with Crippen molar-refractivity contribution in [3.05, 3.63) is 114 Å². The van der Waals surface area contributed by atoms with E-state index in [1.54, 1.807) is 12.7 Å². The lowest BCUT2D eigenvalue weighted by molar-refractivity contribution is 0.0855. The van der Waals surface area contributed by atoms with Gasteiger partial charge in [-0.15, -0.1) is 0 Å². The standard InChI is InChI=1S/C30H31NO4.C8H12.C6H14.C4H8/c1-21(22-11-14-28(15-12-22)34-18-4-17-33-2)35-29-16-13-26(19-27(29)20-31)23-7-9-25(10-8-23)30(32)24-5-3-6-24;1-7(2)6-8-4-3-5-8;1-3-5-6-4-2;1-2-4-3-1/h7-16,19-20,24,31H,1,3-6,17-18H2,2H3;6H,1,3-5H2,2H3;3-6H2,1-2H3;1-4H2. The molecule has 0 bridgehead atoms. The van der Waals surface area contributed by atoms with Crippen LogP contribution < -0.4 is 9.47 Å². The largest absolute Gasteiger partial charge is 0.494 e. The second kappa shape index (κ2) is 24.9. The third-order valence-corrected chi connectivity index (χ3v) is 9.72.